The molecule has 3 heterocycles. The van der Waals surface area contributed by atoms with Crippen LogP contribution in [0.3, 0.4) is 0 Å². The normalized spacial score (nSPS) is 14.4. The lowest BCUT2D eigenvalue weighted by Crippen LogP contribution is -2.28. The Bertz CT molecular complexity index is 1650. The van der Waals surface area contributed by atoms with Crippen LogP contribution in [0.5, 0.6) is 0 Å². The van der Waals surface area contributed by atoms with Crippen molar-refractivity contribution in [1.29, 1.82) is 0 Å². The van der Waals surface area contributed by atoms with E-state index >= 15 is 0 Å². The lowest BCUT2D eigenvalue weighted by Gasteiger charge is -2.34. The van der Waals surface area contributed by atoms with Gasteiger partial charge in [-0.3, -0.25) is 0 Å². The Morgan fingerprint density at radius 2 is 1.16 bits per heavy atom. The van der Waals surface area contributed by atoms with Crippen molar-refractivity contribution < 1.29 is 0 Å². The van der Waals surface area contributed by atoms with Gasteiger partial charge in [0.05, 0.1) is 27.9 Å². The van der Waals surface area contributed by atoms with Gasteiger partial charge in [0.1, 0.15) is 0 Å². The van der Waals surface area contributed by atoms with Crippen LogP contribution in [0.4, 0.5) is 0 Å². The van der Waals surface area contributed by atoms with Crippen molar-refractivity contribution in [2.45, 2.75) is 19.3 Å². The second kappa shape index (κ2) is 5.67. The first-order valence-electron chi connectivity index (χ1n) is 10.9. The van der Waals surface area contributed by atoms with Crippen molar-refractivity contribution in [2.24, 2.45) is 0 Å². The second-order valence-corrected chi connectivity index (χ2v) is 9.06. The fourth-order valence-electron chi connectivity index (χ4n) is 5.75. The largest absolute Gasteiger partial charge is 0.311 e. The summed E-state index contributed by atoms with van der Waals surface area (Å²) in [6.45, 7) is 4.75. The number of rotatable bonds is 1. The van der Waals surface area contributed by atoms with Crippen LogP contribution in [0.1, 0.15) is 25.1 Å². The van der Waals surface area contributed by atoms with Gasteiger partial charge in [-0.25, -0.2) is 0 Å². The molecule has 0 N–H and O–H groups in total. The first-order valence-corrected chi connectivity index (χ1v) is 10.9. The third-order valence-electron chi connectivity index (χ3n) is 7.05. The molecular formula is C29H22N2. The van der Waals surface area contributed by atoms with Crippen molar-refractivity contribution in [2.75, 3.05) is 0 Å². The Balaban J connectivity index is 1.80. The van der Waals surface area contributed by atoms with Crippen LogP contribution in [0, 0.1) is 0 Å². The SMILES string of the molecule is CC1(C)c2cccc3c4ccccc4n(c23)-c2c1n(-c1ccccc1)c1ccccc21. The predicted molar refractivity (Wildman–Crippen MR) is 130 cm³/mol. The zero-order valence-electron chi connectivity index (χ0n) is 17.6. The Morgan fingerprint density at radius 1 is 0.548 bits per heavy atom. The third kappa shape index (κ3) is 1.98. The van der Waals surface area contributed by atoms with Crippen molar-refractivity contribution in [3.63, 3.8) is 0 Å². The molecule has 0 atom stereocenters. The topological polar surface area (TPSA) is 9.86 Å². The highest BCUT2D eigenvalue weighted by Gasteiger charge is 2.39. The van der Waals surface area contributed by atoms with Gasteiger partial charge in [-0.1, -0.05) is 86.6 Å². The molecule has 1 aliphatic heterocycles. The summed E-state index contributed by atoms with van der Waals surface area (Å²) in [5.74, 6) is 0. The second-order valence-electron chi connectivity index (χ2n) is 9.06. The first-order chi connectivity index (χ1) is 15.2. The zero-order valence-corrected chi connectivity index (χ0v) is 17.6. The van der Waals surface area contributed by atoms with E-state index in [1.54, 1.807) is 0 Å². The minimum Gasteiger partial charge on any atom is -0.311 e. The van der Waals surface area contributed by atoms with Crippen LogP contribution < -0.4 is 0 Å². The first kappa shape index (κ1) is 17.0. The number of benzene rings is 4. The van der Waals surface area contributed by atoms with Gasteiger partial charge in [0.25, 0.3) is 0 Å². The van der Waals surface area contributed by atoms with Gasteiger partial charge in [0, 0.05) is 27.3 Å². The molecule has 2 aromatic heterocycles. The lowest BCUT2D eigenvalue weighted by atomic mass is 9.77. The summed E-state index contributed by atoms with van der Waals surface area (Å²) in [5.41, 5.74) is 8.98. The van der Waals surface area contributed by atoms with Crippen molar-refractivity contribution in [3.8, 4) is 11.4 Å². The summed E-state index contributed by atoms with van der Waals surface area (Å²) in [6.07, 6.45) is 0. The molecule has 0 fully saturated rings. The van der Waals surface area contributed by atoms with E-state index in [1.165, 1.54) is 55.3 Å². The van der Waals surface area contributed by atoms with Gasteiger partial charge >= 0.3 is 0 Å². The van der Waals surface area contributed by atoms with E-state index in [4.69, 9.17) is 0 Å². The average Bonchev–Trinajstić information content (AvgIpc) is 3.33. The van der Waals surface area contributed by atoms with E-state index in [0.29, 0.717) is 0 Å². The molecule has 2 heteroatoms. The van der Waals surface area contributed by atoms with Gasteiger partial charge in [0.2, 0.25) is 0 Å². The number of fused-ring (bicyclic) bond motifs is 7. The molecule has 0 saturated carbocycles. The summed E-state index contributed by atoms with van der Waals surface area (Å²) < 4.78 is 4.99. The van der Waals surface area contributed by atoms with Crippen LogP contribution in [0.25, 0.3) is 44.1 Å². The maximum Gasteiger partial charge on any atom is 0.0763 e. The Labute approximate surface area is 181 Å². The highest BCUT2D eigenvalue weighted by atomic mass is 15.1. The van der Waals surface area contributed by atoms with Crippen molar-refractivity contribution in [1.82, 2.24) is 9.13 Å². The molecule has 31 heavy (non-hydrogen) atoms. The van der Waals surface area contributed by atoms with E-state index < -0.39 is 0 Å². The number of hydrogen-bond acceptors (Lipinski definition) is 0. The highest BCUT2D eigenvalue weighted by molar-refractivity contribution is 6.13. The van der Waals surface area contributed by atoms with E-state index in [2.05, 4.69) is 120 Å². The minimum atomic E-state index is -0.145. The molecule has 0 radical (unpaired) electrons. The number of nitrogens with zero attached hydrogens (tertiary/aromatic N) is 2. The van der Waals surface area contributed by atoms with Gasteiger partial charge in [0.15, 0.2) is 0 Å². The summed E-state index contributed by atoms with van der Waals surface area (Å²) >= 11 is 0. The molecule has 1 aliphatic rings. The molecule has 0 bridgehead atoms. The molecular weight excluding hydrogens is 376 g/mol. The molecule has 0 aliphatic carbocycles. The Hall–Kier alpha value is -3.78. The lowest BCUT2D eigenvalue weighted by molar-refractivity contribution is 0.596. The van der Waals surface area contributed by atoms with Gasteiger partial charge < -0.3 is 9.13 Å². The number of para-hydroxylation sites is 4. The summed E-state index contributed by atoms with van der Waals surface area (Å²) in [7, 11) is 0. The number of aromatic nitrogens is 2. The Morgan fingerprint density at radius 3 is 1.94 bits per heavy atom. The van der Waals surface area contributed by atoms with Crippen LogP contribution in [-0.4, -0.2) is 9.13 Å². The van der Waals surface area contributed by atoms with Crippen LogP contribution in [0.2, 0.25) is 0 Å². The molecule has 4 aromatic carbocycles. The number of hydrogen-bond donors (Lipinski definition) is 0. The van der Waals surface area contributed by atoms with Gasteiger partial charge in [-0.15, -0.1) is 0 Å². The molecule has 0 amide bonds. The average molecular weight is 399 g/mol. The fourth-order valence-corrected chi connectivity index (χ4v) is 5.75. The van der Waals surface area contributed by atoms with Crippen LogP contribution in [-0.2, 0) is 5.41 Å². The fraction of sp³-hybridized carbons (Fsp3) is 0.103. The van der Waals surface area contributed by atoms with E-state index in [0.717, 1.165) is 0 Å². The molecule has 148 valence electrons. The zero-order chi connectivity index (χ0) is 20.7. The molecule has 0 spiro atoms. The molecule has 0 unspecified atom stereocenters. The predicted octanol–water partition coefficient (Wildman–Crippen LogP) is 7.37. The van der Waals surface area contributed by atoms with Gasteiger partial charge in [-0.05, 0) is 29.8 Å². The van der Waals surface area contributed by atoms with Gasteiger partial charge in [-0.2, -0.15) is 0 Å². The maximum absolute atomic E-state index is 2.52. The molecule has 7 rings (SSSR count). The quantitative estimate of drug-likeness (QED) is 0.274. The smallest absolute Gasteiger partial charge is 0.0763 e. The highest BCUT2D eigenvalue weighted by Crippen LogP contribution is 2.51. The minimum absolute atomic E-state index is 0.145. The van der Waals surface area contributed by atoms with E-state index in [1.807, 2.05) is 0 Å². The Kier molecular flexibility index (Phi) is 3.10. The summed E-state index contributed by atoms with van der Waals surface area (Å²) in [6, 6.07) is 35.2. The van der Waals surface area contributed by atoms with Crippen LogP contribution in [0.15, 0.2) is 97.1 Å². The van der Waals surface area contributed by atoms with E-state index in [-0.39, 0.29) is 5.41 Å². The monoisotopic (exact) mass is 398 g/mol. The summed E-state index contributed by atoms with van der Waals surface area (Å²) in [4.78, 5) is 0. The molecule has 6 aromatic rings. The maximum atomic E-state index is 2.52. The van der Waals surface area contributed by atoms with Crippen molar-refractivity contribution in [3.05, 3.63) is 108 Å². The van der Waals surface area contributed by atoms with Crippen molar-refractivity contribution >= 4 is 32.7 Å². The third-order valence-corrected chi connectivity index (χ3v) is 7.05. The molecule has 0 saturated heterocycles. The standard InChI is InChI=1S/C29H22N2/c1-29(2)23-16-10-15-21-20-13-6-8-17-24(20)31(26(21)23)27-22-14-7-9-18-25(22)30(28(27)29)19-11-4-3-5-12-19/h3-18H,1-2H3. The molecule has 2 nitrogen and oxygen atoms in total. The van der Waals surface area contributed by atoms with E-state index in [9.17, 15) is 0 Å². The van der Waals surface area contributed by atoms with Crippen LogP contribution >= 0.6 is 0 Å². The summed E-state index contributed by atoms with van der Waals surface area (Å²) in [5, 5.41) is 3.95.